The number of hydrogen-bond donors (Lipinski definition) is 1. The Morgan fingerprint density at radius 3 is 2.60 bits per heavy atom. The van der Waals surface area contributed by atoms with E-state index in [-0.39, 0.29) is 5.41 Å². The summed E-state index contributed by atoms with van der Waals surface area (Å²) >= 11 is 0. The molecule has 0 aliphatic carbocycles. The molecule has 2 rings (SSSR count). The predicted molar refractivity (Wildman–Crippen MR) is 66.8 cm³/mol. The van der Waals surface area contributed by atoms with E-state index in [0.717, 1.165) is 0 Å². The van der Waals surface area contributed by atoms with Gasteiger partial charge >= 0.3 is 0 Å². The number of aromatic nitrogens is 1. The van der Waals surface area contributed by atoms with E-state index in [1.165, 1.54) is 16.5 Å². The number of aromatic amines is 1. The molecule has 0 aliphatic heterocycles. The zero-order chi connectivity index (χ0) is 10.9. The number of H-pyrrole nitrogens is 1. The first-order valence-corrected chi connectivity index (χ1v) is 5.32. The number of allylic oxidation sites excluding steroid dienone is 1. The van der Waals surface area contributed by atoms with Crippen LogP contribution in [0.5, 0.6) is 0 Å². The number of nitrogens with one attached hydrogen (secondary N) is 1. The summed E-state index contributed by atoms with van der Waals surface area (Å²) in [5, 5.41) is 1.29. The molecule has 0 bridgehead atoms. The maximum Gasteiger partial charge on any atom is 0.0460 e. The number of fused-ring (bicyclic) bond motifs is 1. The van der Waals surface area contributed by atoms with Crippen LogP contribution in [0, 0.1) is 5.41 Å². The van der Waals surface area contributed by atoms with Crippen LogP contribution in [0.15, 0.2) is 36.5 Å². The molecule has 1 aromatic carbocycles. The first-order valence-electron chi connectivity index (χ1n) is 5.32. The average Bonchev–Trinajstić information content (AvgIpc) is 2.57. The van der Waals surface area contributed by atoms with Crippen LogP contribution in [0.3, 0.4) is 0 Å². The highest BCUT2D eigenvalue weighted by molar-refractivity contribution is 5.88. The second kappa shape index (κ2) is 3.58. The van der Waals surface area contributed by atoms with Crippen molar-refractivity contribution in [1.29, 1.82) is 0 Å². The van der Waals surface area contributed by atoms with Crippen molar-refractivity contribution in [2.45, 2.75) is 20.8 Å². The summed E-state index contributed by atoms with van der Waals surface area (Å²) in [7, 11) is 0. The van der Waals surface area contributed by atoms with Crippen molar-refractivity contribution in [3.05, 3.63) is 42.1 Å². The van der Waals surface area contributed by atoms with Crippen molar-refractivity contribution < 1.29 is 0 Å². The van der Waals surface area contributed by atoms with E-state index in [0.29, 0.717) is 0 Å². The Kier molecular flexibility index (Phi) is 2.39. The molecule has 78 valence electrons. The Morgan fingerprint density at radius 1 is 1.13 bits per heavy atom. The van der Waals surface area contributed by atoms with E-state index >= 15 is 0 Å². The van der Waals surface area contributed by atoms with Gasteiger partial charge in [0.15, 0.2) is 0 Å². The zero-order valence-corrected chi connectivity index (χ0v) is 9.54. The molecule has 0 spiro atoms. The molecule has 1 aromatic heterocycles. The number of para-hydroxylation sites is 1. The third kappa shape index (κ3) is 2.30. The van der Waals surface area contributed by atoms with Gasteiger partial charge in [0.05, 0.1) is 0 Å². The van der Waals surface area contributed by atoms with Crippen LogP contribution in [-0.2, 0) is 0 Å². The average molecular weight is 199 g/mol. The van der Waals surface area contributed by atoms with Gasteiger partial charge in [-0.3, -0.25) is 0 Å². The van der Waals surface area contributed by atoms with Gasteiger partial charge in [0.25, 0.3) is 0 Å². The van der Waals surface area contributed by atoms with Crippen molar-refractivity contribution in [2.24, 2.45) is 5.41 Å². The van der Waals surface area contributed by atoms with Crippen molar-refractivity contribution in [3.63, 3.8) is 0 Å². The normalized spacial score (nSPS) is 12.7. The molecule has 0 saturated carbocycles. The van der Waals surface area contributed by atoms with E-state index in [2.05, 4.69) is 68.4 Å². The number of hydrogen-bond acceptors (Lipinski definition) is 0. The molecule has 0 radical (unpaired) electrons. The first kappa shape index (κ1) is 10.0. The Morgan fingerprint density at radius 2 is 1.87 bits per heavy atom. The van der Waals surface area contributed by atoms with Gasteiger partial charge in [-0.1, -0.05) is 51.1 Å². The highest BCUT2D eigenvalue weighted by Gasteiger charge is 2.05. The molecule has 1 nitrogen and oxygen atoms in total. The summed E-state index contributed by atoms with van der Waals surface area (Å²) < 4.78 is 0. The molecule has 2 aromatic rings. The summed E-state index contributed by atoms with van der Waals surface area (Å²) in [5.41, 5.74) is 2.70. The molecule has 0 aliphatic rings. The Balaban J connectivity index is 2.41. The maximum absolute atomic E-state index is 3.27. The smallest absolute Gasteiger partial charge is 0.0460 e. The maximum atomic E-state index is 3.27. The van der Waals surface area contributed by atoms with Gasteiger partial charge in [-0.2, -0.15) is 0 Å². The Hall–Kier alpha value is -1.50. The quantitative estimate of drug-likeness (QED) is 0.707. The fourth-order valence-corrected chi connectivity index (χ4v) is 1.57. The summed E-state index contributed by atoms with van der Waals surface area (Å²) in [6.45, 7) is 6.62. The number of rotatable bonds is 1. The lowest BCUT2D eigenvalue weighted by atomic mass is 9.95. The van der Waals surface area contributed by atoms with E-state index in [1.54, 1.807) is 0 Å². The molecule has 15 heavy (non-hydrogen) atoms. The van der Waals surface area contributed by atoms with E-state index in [9.17, 15) is 0 Å². The molecule has 0 atom stereocenters. The van der Waals surface area contributed by atoms with Gasteiger partial charge in [-0.15, -0.1) is 0 Å². The Bertz CT molecular complexity index is 483. The summed E-state index contributed by atoms with van der Waals surface area (Å²) in [5.74, 6) is 0. The second-order valence-electron chi connectivity index (χ2n) is 4.99. The van der Waals surface area contributed by atoms with Gasteiger partial charge in [0, 0.05) is 17.1 Å². The van der Waals surface area contributed by atoms with Crippen LogP contribution in [0.2, 0.25) is 0 Å². The summed E-state index contributed by atoms with van der Waals surface area (Å²) in [6.07, 6.45) is 6.49. The molecule has 0 amide bonds. The minimum absolute atomic E-state index is 0.234. The van der Waals surface area contributed by atoms with Crippen LogP contribution in [-0.4, -0.2) is 4.98 Å². The van der Waals surface area contributed by atoms with Crippen LogP contribution in [0.1, 0.15) is 26.3 Å². The fourth-order valence-electron chi connectivity index (χ4n) is 1.57. The first-order chi connectivity index (χ1) is 7.06. The van der Waals surface area contributed by atoms with Crippen molar-refractivity contribution in [3.8, 4) is 0 Å². The van der Waals surface area contributed by atoms with E-state index < -0.39 is 0 Å². The van der Waals surface area contributed by atoms with Crippen LogP contribution in [0.25, 0.3) is 17.0 Å². The molecule has 1 heterocycles. The number of benzene rings is 1. The fraction of sp³-hybridized carbons (Fsp3) is 0.286. The summed E-state index contributed by atoms with van der Waals surface area (Å²) in [4.78, 5) is 3.27. The van der Waals surface area contributed by atoms with E-state index in [4.69, 9.17) is 0 Å². The largest absolute Gasteiger partial charge is 0.361 e. The van der Waals surface area contributed by atoms with Crippen molar-refractivity contribution in [1.82, 2.24) is 4.98 Å². The van der Waals surface area contributed by atoms with Crippen molar-refractivity contribution in [2.75, 3.05) is 0 Å². The lowest BCUT2D eigenvalue weighted by molar-refractivity contribution is 0.547. The molecule has 0 unspecified atom stereocenters. The minimum atomic E-state index is 0.234. The monoisotopic (exact) mass is 199 g/mol. The van der Waals surface area contributed by atoms with Crippen molar-refractivity contribution >= 4 is 17.0 Å². The third-order valence-corrected chi connectivity index (χ3v) is 2.38. The molecule has 1 N–H and O–H groups in total. The predicted octanol–water partition coefficient (Wildman–Crippen LogP) is 4.23. The minimum Gasteiger partial charge on any atom is -0.361 e. The van der Waals surface area contributed by atoms with E-state index in [1.807, 2.05) is 0 Å². The molecular formula is C14H17N. The highest BCUT2D eigenvalue weighted by atomic mass is 14.7. The summed E-state index contributed by atoms with van der Waals surface area (Å²) in [6, 6.07) is 8.37. The van der Waals surface area contributed by atoms with Crippen LogP contribution in [0.4, 0.5) is 0 Å². The van der Waals surface area contributed by atoms with Gasteiger partial charge < -0.3 is 4.98 Å². The van der Waals surface area contributed by atoms with Crippen LogP contribution < -0.4 is 0 Å². The second-order valence-corrected chi connectivity index (χ2v) is 4.99. The highest BCUT2D eigenvalue weighted by Crippen LogP contribution is 2.22. The zero-order valence-electron chi connectivity index (χ0n) is 9.54. The van der Waals surface area contributed by atoms with Crippen LogP contribution >= 0.6 is 0 Å². The molecule has 0 fully saturated rings. The standard InChI is InChI=1S/C14H17N/c1-14(2,3)9-8-11-10-15-13-7-5-4-6-12(11)13/h4-10,15H,1-3H3/b9-8+. The lowest BCUT2D eigenvalue weighted by Gasteiger charge is -2.10. The molecule has 0 saturated heterocycles. The van der Waals surface area contributed by atoms with Gasteiger partial charge in [0.2, 0.25) is 0 Å². The molecule has 1 heteroatoms. The van der Waals surface area contributed by atoms with Gasteiger partial charge in [0.1, 0.15) is 0 Å². The Labute approximate surface area is 90.8 Å². The molecular weight excluding hydrogens is 182 g/mol. The third-order valence-electron chi connectivity index (χ3n) is 2.38. The van der Waals surface area contributed by atoms with Gasteiger partial charge in [-0.25, -0.2) is 0 Å². The SMILES string of the molecule is CC(C)(C)/C=C/c1c[nH]c2ccccc12. The van der Waals surface area contributed by atoms with Gasteiger partial charge in [-0.05, 0) is 17.0 Å². The lowest BCUT2D eigenvalue weighted by Crippen LogP contribution is -1.97. The topological polar surface area (TPSA) is 15.8 Å².